The number of halogens is 4. The van der Waals surface area contributed by atoms with Crippen molar-refractivity contribution in [1.29, 1.82) is 0 Å². The average molecular weight is 242 g/mol. The number of alkyl halides is 1. The Morgan fingerprint density at radius 1 is 1.18 bits per heavy atom. The third-order valence-corrected chi connectivity index (χ3v) is 2.67. The Morgan fingerprint density at radius 2 is 1.88 bits per heavy atom. The largest absolute Gasteiger partial charge is 0.239 e. The molecule has 0 nitrogen and oxygen atoms in total. The molecule has 1 atom stereocenters. The summed E-state index contributed by atoms with van der Waals surface area (Å²) in [5, 5.41) is 0. The van der Waals surface area contributed by atoms with Crippen molar-refractivity contribution in [2.75, 3.05) is 0 Å². The monoisotopic (exact) mass is 242 g/mol. The van der Waals surface area contributed by atoms with Gasteiger partial charge in [-0.3, -0.25) is 0 Å². The van der Waals surface area contributed by atoms with Crippen LogP contribution in [0.2, 0.25) is 0 Å². The highest BCUT2D eigenvalue weighted by Gasteiger charge is 2.26. The second-order valence-corrected chi connectivity index (χ2v) is 4.02. The van der Waals surface area contributed by atoms with Gasteiger partial charge in [0.25, 0.3) is 0 Å². The SMILES string of the molecule is Cc1ccc(C2=CC(F)=C(F)C(F)C2)c(F)c1. The summed E-state index contributed by atoms with van der Waals surface area (Å²) in [5.41, 5.74) is 0.955. The van der Waals surface area contributed by atoms with Gasteiger partial charge in [-0.2, -0.15) is 0 Å². The molecule has 0 radical (unpaired) electrons. The van der Waals surface area contributed by atoms with Crippen molar-refractivity contribution in [2.24, 2.45) is 0 Å². The van der Waals surface area contributed by atoms with Crippen LogP contribution in [0.4, 0.5) is 17.6 Å². The van der Waals surface area contributed by atoms with E-state index in [9.17, 15) is 17.6 Å². The summed E-state index contributed by atoms with van der Waals surface area (Å²) < 4.78 is 52.6. The Balaban J connectivity index is 2.45. The van der Waals surface area contributed by atoms with Crippen LogP contribution < -0.4 is 0 Å². The summed E-state index contributed by atoms with van der Waals surface area (Å²) in [6.07, 6.45) is -1.53. The van der Waals surface area contributed by atoms with Gasteiger partial charge in [-0.15, -0.1) is 0 Å². The van der Waals surface area contributed by atoms with Crippen molar-refractivity contribution in [3.05, 3.63) is 52.9 Å². The van der Waals surface area contributed by atoms with Crippen LogP contribution in [-0.2, 0) is 0 Å². The zero-order chi connectivity index (χ0) is 12.6. The van der Waals surface area contributed by atoms with E-state index in [1.807, 2.05) is 0 Å². The molecule has 0 saturated carbocycles. The van der Waals surface area contributed by atoms with E-state index in [2.05, 4.69) is 0 Å². The Kier molecular flexibility index (Phi) is 3.05. The van der Waals surface area contributed by atoms with Gasteiger partial charge in [0.05, 0.1) is 0 Å². The molecule has 1 aliphatic carbocycles. The van der Waals surface area contributed by atoms with Crippen LogP contribution in [0, 0.1) is 12.7 Å². The number of allylic oxidation sites excluding steroid dienone is 4. The zero-order valence-corrected chi connectivity index (χ0v) is 9.11. The van der Waals surface area contributed by atoms with Crippen molar-refractivity contribution in [3.63, 3.8) is 0 Å². The van der Waals surface area contributed by atoms with Crippen molar-refractivity contribution in [2.45, 2.75) is 19.5 Å². The van der Waals surface area contributed by atoms with Crippen LogP contribution in [0.5, 0.6) is 0 Å². The lowest BCUT2D eigenvalue weighted by molar-refractivity contribution is 0.314. The lowest BCUT2D eigenvalue weighted by atomic mass is 9.94. The molecule has 0 spiro atoms. The quantitative estimate of drug-likeness (QED) is 0.640. The van der Waals surface area contributed by atoms with Gasteiger partial charge in [-0.05, 0) is 30.2 Å². The van der Waals surface area contributed by atoms with E-state index in [1.54, 1.807) is 13.0 Å². The van der Waals surface area contributed by atoms with Crippen LogP contribution in [0.1, 0.15) is 17.5 Å². The molecule has 0 saturated heterocycles. The summed E-state index contributed by atoms with van der Waals surface area (Å²) in [4.78, 5) is 0. The molecule has 0 N–H and O–H groups in total. The predicted molar refractivity (Wildman–Crippen MR) is 57.9 cm³/mol. The number of rotatable bonds is 1. The zero-order valence-electron chi connectivity index (χ0n) is 9.11. The third-order valence-electron chi connectivity index (χ3n) is 2.67. The highest BCUT2D eigenvalue weighted by Crippen LogP contribution is 2.34. The summed E-state index contributed by atoms with van der Waals surface area (Å²) in [6.45, 7) is 1.71. The first-order valence-electron chi connectivity index (χ1n) is 5.15. The fourth-order valence-corrected chi connectivity index (χ4v) is 1.78. The second kappa shape index (κ2) is 4.35. The molecule has 0 fully saturated rings. The van der Waals surface area contributed by atoms with Crippen LogP contribution in [-0.4, -0.2) is 6.17 Å². The van der Waals surface area contributed by atoms with Gasteiger partial charge >= 0.3 is 0 Å². The molecule has 1 aromatic rings. The predicted octanol–water partition coefficient (Wildman–Crippen LogP) is 4.41. The first kappa shape index (κ1) is 11.9. The van der Waals surface area contributed by atoms with Crippen molar-refractivity contribution >= 4 is 5.57 Å². The molecule has 0 aliphatic heterocycles. The van der Waals surface area contributed by atoms with Crippen molar-refractivity contribution in [3.8, 4) is 0 Å². The molecule has 1 aromatic carbocycles. The van der Waals surface area contributed by atoms with Gasteiger partial charge in [-0.1, -0.05) is 12.1 Å². The van der Waals surface area contributed by atoms with E-state index in [1.165, 1.54) is 12.1 Å². The molecule has 0 amide bonds. The van der Waals surface area contributed by atoms with E-state index < -0.39 is 23.6 Å². The number of hydrogen-bond acceptors (Lipinski definition) is 0. The topological polar surface area (TPSA) is 0 Å². The highest BCUT2D eigenvalue weighted by atomic mass is 19.2. The van der Waals surface area contributed by atoms with Crippen molar-refractivity contribution < 1.29 is 17.6 Å². The van der Waals surface area contributed by atoms with E-state index in [4.69, 9.17) is 0 Å². The molecule has 17 heavy (non-hydrogen) atoms. The Morgan fingerprint density at radius 3 is 2.47 bits per heavy atom. The summed E-state index contributed by atoms with van der Waals surface area (Å²) in [5.74, 6) is -3.24. The van der Waals surface area contributed by atoms with E-state index in [0.717, 1.165) is 6.08 Å². The molecule has 90 valence electrons. The molecule has 0 aromatic heterocycles. The minimum Gasteiger partial charge on any atom is -0.239 e. The maximum atomic E-state index is 13.6. The maximum Gasteiger partial charge on any atom is 0.170 e. The van der Waals surface area contributed by atoms with Gasteiger partial charge in [-0.25, -0.2) is 17.6 Å². The number of benzene rings is 1. The van der Waals surface area contributed by atoms with Gasteiger partial charge in [0.2, 0.25) is 0 Å². The first-order valence-corrected chi connectivity index (χ1v) is 5.15. The molecule has 1 aliphatic rings. The molecule has 0 heterocycles. The lowest BCUT2D eigenvalue weighted by Gasteiger charge is -2.16. The fourth-order valence-electron chi connectivity index (χ4n) is 1.78. The molecule has 4 heteroatoms. The van der Waals surface area contributed by atoms with Gasteiger partial charge in [0.1, 0.15) is 5.82 Å². The summed E-state index contributed by atoms with van der Waals surface area (Å²) in [7, 11) is 0. The van der Waals surface area contributed by atoms with E-state index in [0.29, 0.717) is 5.56 Å². The standard InChI is InChI=1S/C13H10F4/c1-7-2-3-9(10(14)4-7)8-5-11(15)13(17)12(16)6-8/h2-5,12H,6H2,1H3. The molecule has 2 rings (SSSR count). The third kappa shape index (κ3) is 2.25. The summed E-state index contributed by atoms with van der Waals surface area (Å²) in [6, 6.07) is 4.36. The van der Waals surface area contributed by atoms with Crippen LogP contribution >= 0.6 is 0 Å². The Hall–Kier alpha value is -1.58. The smallest absolute Gasteiger partial charge is 0.170 e. The normalized spacial score (nSPS) is 20.5. The van der Waals surface area contributed by atoms with Crippen LogP contribution in [0.3, 0.4) is 0 Å². The second-order valence-electron chi connectivity index (χ2n) is 4.02. The highest BCUT2D eigenvalue weighted by molar-refractivity contribution is 5.70. The minimum absolute atomic E-state index is 0.112. The maximum absolute atomic E-state index is 13.6. The lowest BCUT2D eigenvalue weighted by Crippen LogP contribution is -2.09. The summed E-state index contributed by atoms with van der Waals surface area (Å²) >= 11 is 0. The van der Waals surface area contributed by atoms with E-state index in [-0.39, 0.29) is 17.6 Å². The Labute approximate surface area is 96.3 Å². The Bertz CT molecular complexity index is 514. The average Bonchev–Trinajstić information content (AvgIpc) is 2.25. The van der Waals surface area contributed by atoms with Gasteiger partial charge in [0, 0.05) is 12.0 Å². The van der Waals surface area contributed by atoms with Gasteiger partial charge < -0.3 is 0 Å². The van der Waals surface area contributed by atoms with Crippen LogP contribution in [0.25, 0.3) is 5.57 Å². The molecule has 0 bridgehead atoms. The van der Waals surface area contributed by atoms with E-state index >= 15 is 0 Å². The van der Waals surface area contributed by atoms with Crippen molar-refractivity contribution in [1.82, 2.24) is 0 Å². The molecular formula is C13H10F4. The number of aryl methyl sites for hydroxylation is 1. The first-order chi connectivity index (χ1) is 7.99. The van der Waals surface area contributed by atoms with Crippen LogP contribution in [0.15, 0.2) is 35.9 Å². The number of hydrogen-bond donors (Lipinski definition) is 0. The molecule has 1 unspecified atom stereocenters. The fraction of sp³-hybridized carbons (Fsp3) is 0.231. The minimum atomic E-state index is -2.03. The van der Waals surface area contributed by atoms with Gasteiger partial charge in [0.15, 0.2) is 17.8 Å². The molecular weight excluding hydrogens is 232 g/mol.